The van der Waals surface area contributed by atoms with Crippen molar-refractivity contribution >= 4 is 27.7 Å². The summed E-state index contributed by atoms with van der Waals surface area (Å²) in [4.78, 5) is 12.4. The molecule has 0 bridgehead atoms. The van der Waals surface area contributed by atoms with E-state index in [1.54, 1.807) is 30.3 Å². The van der Waals surface area contributed by atoms with Crippen molar-refractivity contribution in [3.05, 3.63) is 54.1 Å². The molecule has 1 saturated heterocycles. The molecule has 1 fully saturated rings. The predicted molar refractivity (Wildman–Crippen MR) is 109 cm³/mol. The molecule has 0 unspecified atom stereocenters. The van der Waals surface area contributed by atoms with E-state index < -0.39 is 10.0 Å². The predicted octanol–water partition coefficient (Wildman–Crippen LogP) is 3.24. The summed E-state index contributed by atoms with van der Waals surface area (Å²) in [5.74, 6) is 1.03. The van der Waals surface area contributed by atoms with Crippen LogP contribution in [0, 0.1) is 0 Å². The van der Waals surface area contributed by atoms with Gasteiger partial charge in [-0.05, 0) is 60.9 Å². The number of benzene rings is 2. The van der Waals surface area contributed by atoms with Crippen LogP contribution in [0.1, 0.15) is 24.8 Å². The third-order valence-corrected chi connectivity index (χ3v) is 6.81. The minimum absolute atomic E-state index is 0.201. The normalized spacial score (nSPS) is 16.8. The van der Waals surface area contributed by atoms with Crippen LogP contribution < -0.4 is 14.8 Å². The van der Waals surface area contributed by atoms with E-state index in [0.29, 0.717) is 30.3 Å². The fourth-order valence-corrected chi connectivity index (χ4v) is 4.85. The molecule has 152 valence electrons. The van der Waals surface area contributed by atoms with E-state index in [2.05, 4.69) is 5.32 Å². The summed E-state index contributed by atoms with van der Waals surface area (Å²) in [5.41, 5.74) is 1.34. The molecule has 7 nitrogen and oxygen atoms in total. The van der Waals surface area contributed by atoms with E-state index in [1.807, 2.05) is 6.07 Å². The molecule has 1 amide bonds. The highest BCUT2D eigenvalue weighted by molar-refractivity contribution is 7.89. The molecule has 2 aromatic rings. The fraction of sp³-hybridized carbons (Fsp3) is 0.286. The Bertz CT molecular complexity index is 1030. The molecule has 1 N–H and O–H groups in total. The lowest BCUT2D eigenvalue weighted by molar-refractivity contribution is -0.111. The Morgan fingerprint density at radius 1 is 0.966 bits per heavy atom. The number of nitrogens with one attached hydrogen (secondary N) is 1. The van der Waals surface area contributed by atoms with Gasteiger partial charge in [0.25, 0.3) is 0 Å². The second-order valence-corrected chi connectivity index (χ2v) is 8.86. The summed E-state index contributed by atoms with van der Waals surface area (Å²) >= 11 is 0. The van der Waals surface area contributed by atoms with Gasteiger partial charge in [0.05, 0.1) is 4.90 Å². The molecule has 2 aromatic carbocycles. The Labute approximate surface area is 170 Å². The van der Waals surface area contributed by atoms with Crippen molar-refractivity contribution in [3.63, 3.8) is 0 Å². The number of carbonyl (C=O) groups is 1. The smallest absolute Gasteiger partial charge is 0.248 e. The first-order chi connectivity index (χ1) is 14.0. The average Bonchev–Trinajstić information content (AvgIpc) is 3.21. The van der Waals surface area contributed by atoms with Crippen molar-refractivity contribution < 1.29 is 22.7 Å². The Morgan fingerprint density at radius 2 is 1.69 bits per heavy atom. The van der Waals surface area contributed by atoms with Gasteiger partial charge in [-0.25, -0.2) is 8.42 Å². The van der Waals surface area contributed by atoms with Crippen LogP contribution >= 0.6 is 0 Å². The number of carbonyl (C=O) groups excluding carboxylic acids is 1. The van der Waals surface area contributed by atoms with Gasteiger partial charge < -0.3 is 14.8 Å². The Kier molecular flexibility index (Phi) is 5.55. The highest BCUT2D eigenvalue weighted by Crippen LogP contribution is 2.32. The Hall–Kier alpha value is -2.84. The minimum Gasteiger partial charge on any atom is -0.454 e. The molecule has 2 aliphatic rings. The lowest BCUT2D eigenvalue weighted by Crippen LogP contribution is -2.35. The van der Waals surface area contributed by atoms with E-state index in [-0.39, 0.29) is 17.6 Å². The number of amides is 1. The summed E-state index contributed by atoms with van der Waals surface area (Å²) < 4.78 is 37.4. The zero-order valence-corrected chi connectivity index (χ0v) is 16.7. The summed E-state index contributed by atoms with van der Waals surface area (Å²) in [6, 6.07) is 11.7. The zero-order chi connectivity index (χ0) is 20.3. The van der Waals surface area contributed by atoms with Crippen LogP contribution in [-0.2, 0) is 14.8 Å². The van der Waals surface area contributed by atoms with Gasteiger partial charge in [0.2, 0.25) is 22.7 Å². The Morgan fingerprint density at radius 3 is 2.45 bits per heavy atom. The lowest BCUT2D eigenvalue weighted by atomic mass is 10.2. The third-order valence-electron chi connectivity index (χ3n) is 4.90. The van der Waals surface area contributed by atoms with Gasteiger partial charge in [-0.3, -0.25) is 4.79 Å². The van der Waals surface area contributed by atoms with E-state index in [1.165, 1.54) is 22.5 Å². The fourth-order valence-electron chi connectivity index (χ4n) is 3.34. The topological polar surface area (TPSA) is 84.9 Å². The quantitative estimate of drug-likeness (QED) is 0.760. The molecular formula is C21H22N2O5S. The first-order valence-electron chi connectivity index (χ1n) is 9.51. The molecule has 4 rings (SSSR count). The number of piperidine rings is 1. The first-order valence-corrected chi connectivity index (χ1v) is 11.0. The number of rotatable bonds is 5. The molecule has 2 heterocycles. The van der Waals surface area contributed by atoms with E-state index in [0.717, 1.165) is 24.8 Å². The van der Waals surface area contributed by atoms with Gasteiger partial charge in [0.1, 0.15) is 0 Å². The van der Waals surface area contributed by atoms with Crippen molar-refractivity contribution in [1.29, 1.82) is 0 Å². The molecular weight excluding hydrogens is 392 g/mol. The molecule has 2 aliphatic heterocycles. The second kappa shape index (κ2) is 8.26. The molecule has 0 saturated carbocycles. The maximum absolute atomic E-state index is 12.7. The largest absolute Gasteiger partial charge is 0.454 e. The zero-order valence-electron chi connectivity index (χ0n) is 15.8. The number of sulfonamides is 1. The van der Waals surface area contributed by atoms with Gasteiger partial charge in [0, 0.05) is 24.9 Å². The number of hydrogen-bond acceptors (Lipinski definition) is 5. The van der Waals surface area contributed by atoms with Gasteiger partial charge in [-0.2, -0.15) is 4.31 Å². The molecule has 0 spiro atoms. The third kappa shape index (κ3) is 4.44. The summed E-state index contributed by atoms with van der Waals surface area (Å²) in [6.45, 7) is 1.32. The Balaban J connectivity index is 1.38. The number of nitrogens with zero attached hydrogens (tertiary/aromatic N) is 1. The lowest BCUT2D eigenvalue weighted by Gasteiger charge is -2.25. The van der Waals surface area contributed by atoms with Crippen molar-refractivity contribution in [2.24, 2.45) is 0 Å². The van der Waals surface area contributed by atoms with Gasteiger partial charge in [-0.1, -0.05) is 12.5 Å². The number of anilines is 1. The van der Waals surface area contributed by atoms with Crippen LogP contribution in [0.2, 0.25) is 0 Å². The summed E-state index contributed by atoms with van der Waals surface area (Å²) in [6.07, 6.45) is 5.94. The van der Waals surface area contributed by atoms with Crippen LogP contribution in [-0.4, -0.2) is 38.5 Å². The average molecular weight is 414 g/mol. The maximum Gasteiger partial charge on any atom is 0.248 e. The molecule has 8 heteroatoms. The second-order valence-electron chi connectivity index (χ2n) is 6.92. The number of fused-ring (bicyclic) bond motifs is 1. The van der Waals surface area contributed by atoms with Crippen molar-refractivity contribution in [2.75, 3.05) is 25.2 Å². The summed E-state index contributed by atoms with van der Waals surface area (Å²) in [5, 5.41) is 2.73. The number of hydrogen-bond donors (Lipinski definition) is 1. The van der Waals surface area contributed by atoms with Crippen molar-refractivity contribution in [3.8, 4) is 11.5 Å². The van der Waals surface area contributed by atoms with Crippen LogP contribution in [0.15, 0.2) is 53.4 Å². The van der Waals surface area contributed by atoms with Gasteiger partial charge >= 0.3 is 0 Å². The van der Waals surface area contributed by atoms with Crippen LogP contribution in [0.25, 0.3) is 6.08 Å². The molecule has 29 heavy (non-hydrogen) atoms. The molecule has 0 atom stereocenters. The molecule has 0 aliphatic carbocycles. The molecule has 0 radical (unpaired) electrons. The van der Waals surface area contributed by atoms with E-state index in [9.17, 15) is 13.2 Å². The standard InChI is InChI=1S/C21H22N2O5S/c24-21(11-5-16-4-10-19-20(14-16)28-15-27-19)22-17-6-8-18(9-7-17)29(25,26)23-12-2-1-3-13-23/h4-11,14H,1-3,12-13,15H2,(H,22,24)/b11-5+. The SMILES string of the molecule is O=C(/C=C/c1ccc2c(c1)OCO2)Nc1ccc(S(=O)(=O)N2CCCCC2)cc1. The van der Waals surface area contributed by atoms with Gasteiger partial charge in [-0.15, -0.1) is 0 Å². The van der Waals surface area contributed by atoms with Crippen LogP contribution in [0.3, 0.4) is 0 Å². The molecule has 0 aromatic heterocycles. The summed E-state index contributed by atoms with van der Waals surface area (Å²) in [7, 11) is -3.47. The number of ether oxygens (including phenoxy) is 2. The monoisotopic (exact) mass is 414 g/mol. The highest BCUT2D eigenvalue weighted by atomic mass is 32.2. The van der Waals surface area contributed by atoms with Crippen LogP contribution in [0.4, 0.5) is 5.69 Å². The van der Waals surface area contributed by atoms with Crippen LogP contribution in [0.5, 0.6) is 11.5 Å². The maximum atomic E-state index is 12.7. The van der Waals surface area contributed by atoms with Crippen molar-refractivity contribution in [1.82, 2.24) is 4.31 Å². The van der Waals surface area contributed by atoms with E-state index >= 15 is 0 Å². The van der Waals surface area contributed by atoms with E-state index in [4.69, 9.17) is 9.47 Å². The van der Waals surface area contributed by atoms with Gasteiger partial charge in [0.15, 0.2) is 11.5 Å². The van der Waals surface area contributed by atoms with Crippen molar-refractivity contribution in [2.45, 2.75) is 24.2 Å². The first kappa shape index (κ1) is 19.5. The highest BCUT2D eigenvalue weighted by Gasteiger charge is 2.25. The minimum atomic E-state index is -3.47.